The largest absolute Gasteiger partial charge is 0.198 e. The van der Waals surface area contributed by atoms with E-state index in [9.17, 15) is 0 Å². The fourth-order valence-corrected chi connectivity index (χ4v) is 1.11. The van der Waals surface area contributed by atoms with Crippen LogP contribution in [0.15, 0.2) is 0 Å². The molecule has 0 radical (unpaired) electrons. The lowest BCUT2D eigenvalue weighted by Gasteiger charge is -2.24. The Hall–Kier alpha value is 0.950. The second kappa shape index (κ2) is 4.75. The fourth-order valence-electron chi connectivity index (χ4n) is 0.487. The maximum Gasteiger partial charge on any atom is 0.0677 e. The lowest BCUT2D eigenvalue weighted by Crippen LogP contribution is -2.18. The highest BCUT2D eigenvalue weighted by atomic mass is 127. The Balaban J connectivity index is 3.77. The van der Waals surface area contributed by atoms with Crippen LogP contribution >= 0.6 is 45.2 Å². The minimum atomic E-state index is 0.302. The van der Waals surface area contributed by atoms with Gasteiger partial charge in [-0.25, -0.2) is 0 Å². The van der Waals surface area contributed by atoms with E-state index in [1.165, 1.54) is 0 Å². The lowest BCUT2D eigenvalue weighted by molar-refractivity contribution is 0.391. The molecule has 0 aliphatic heterocycles. The smallest absolute Gasteiger partial charge is 0.0677 e. The van der Waals surface area contributed by atoms with E-state index in [4.69, 9.17) is 5.26 Å². The van der Waals surface area contributed by atoms with Gasteiger partial charge in [0.05, 0.1) is 8.00 Å². The first-order valence-corrected chi connectivity index (χ1v) is 5.65. The lowest BCUT2D eigenvalue weighted by atomic mass is 9.91. The molecular formula is C7H11I2N. The number of halogens is 2. The van der Waals surface area contributed by atoms with E-state index < -0.39 is 0 Å². The van der Waals surface area contributed by atoms with E-state index in [2.05, 4.69) is 65.1 Å². The van der Waals surface area contributed by atoms with Crippen molar-refractivity contribution in [3.8, 4) is 6.07 Å². The van der Waals surface area contributed by atoms with Gasteiger partial charge in [-0.15, -0.1) is 0 Å². The summed E-state index contributed by atoms with van der Waals surface area (Å²) in [5.74, 6) is 0. The summed E-state index contributed by atoms with van der Waals surface area (Å²) in [6.07, 6.45) is 1.68. The maximum atomic E-state index is 8.36. The van der Waals surface area contributed by atoms with E-state index in [0.717, 1.165) is 6.42 Å². The molecule has 0 rings (SSSR count). The average molecular weight is 363 g/mol. The number of nitriles is 1. The highest BCUT2D eigenvalue weighted by Gasteiger charge is 2.23. The van der Waals surface area contributed by atoms with Gasteiger partial charge >= 0.3 is 0 Å². The first-order chi connectivity index (χ1) is 4.50. The zero-order valence-corrected chi connectivity index (χ0v) is 10.5. The monoisotopic (exact) mass is 363 g/mol. The van der Waals surface area contributed by atoms with Crippen LogP contribution in [0, 0.1) is 16.7 Å². The van der Waals surface area contributed by atoms with Crippen LogP contribution in [0.1, 0.15) is 26.7 Å². The van der Waals surface area contributed by atoms with Gasteiger partial charge in [0.2, 0.25) is 0 Å². The molecule has 0 aromatic heterocycles. The van der Waals surface area contributed by atoms with Crippen molar-refractivity contribution in [2.45, 2.75) is 28.6 Å². The van der Waals surface area contributed by atoms with Crippen LogP contribution in [-0.4, -0.2) is 1.93 Å². The minimum absolute atomic E-state index is 0.302. The van der Waals surface area contributed by atoms with Gasteiger partial charge in [0.1, 0.15) is 0 Å². The Morgan fingerprint density at radius 2 is 2.00 bits per heavy atom. The van der Waals surface area contributed by atoms with E-state index in [1.807, 2.05) is 0 Å². The Morgan fingerprint density at radius 1 is 1.50 bits per heavy atom. The summed E-state index contributed by atoms with van der Waals surface area (Å²) >= 11 is 4.80. The topological polar surface area (TPSA) is 23.8 Å². The molecule has 0 bridgehead atoms. The second-order valence-corrected chi connectivity index (χ2v) is 7.82. The van der Waals surface area contributed by atoms with E-state index >= 15 is 0 Å². The molecule has 0 aliphatic rings. The third-order valence-electron chi connectivity index (χ3n) is 1.47. The van der Waals surface area contributed by atoms with Gasteiger partial charge in [0.25, 0.3) is 0 Å². The van der Waals surface area contributed by atoms with Gasteiger partial charge in [0, 0.05) is 6.42 Å². The third-order valence-corrected chi connectivity index (χ3v) is 4.84. The standard InChI is InChI=1S/C7H11I2N/c1-7(2,6(8)9)4-3-5-10/h6H,3-4H2,1-2H3. The van der Waals surface area contributed by atoms with Crippen molar-refractivity contribution in [1.29, 1.82) is 5.26 Å². The summed E-state index contributed by atoms with van der Waals surface area (Å²) in [5.41, 5.74) is 0.302. The number of alkyl halides is 2. The Labute approximate surface area is 89.8 Å². The van der Waals surface area contributed by atoms with Gasteiger partial charge in [-0.05, 0) is 11.8 Å². The van der Waals surface area contributed by atoms with Crippen LogP contribution in [0.3, 0.4) is 0 Å². The Kier molecular flexibility index (Phi) is 5.20. The van der Waals surface area contributed by atoms with Crippen LogP contribution in [0.25, 0.3) is 0 Å². The van der Waals surface area contributed by atoms with Crippen molar-refractivity contribution in [3.63, 3.8) is 0 Å². The van der Waals surface area contributed by atoms with Crippen LogP contribution < -0.4 is 0 Å². The quantitative estimate of drug-likeness (QED) is 0.556. The van der Waals surface area contributed by atoms with Crippen molar-refractivity contribution in [3.05, 3.63) is 0 Å². The van der Waals surface area contributed by atoms with Crippen LogP contribution in [0.2, 0.25) is 0 Å². The highest BCUT2D eigenvalue weighted by Crippen LogP contribution is 2.36. The molecule has 0 atom stereocenters. The zero-order chi connectivity index (χ0) is 8.20. The second-order valence-electron chi connectivity index (χ2n) is 2.95. The fraction of sp³-hybridized carbons (Fsp3) is 0.857. The molecule has 58 valence electrons. The summed E-state index contributed by atoms with van der Waals surface area (Å²) in [4.78, 5) is 0. The molecular weight excluding hydrogens is 352 g/mol. The molecule has 0 spiro atoms. The van der Waals surface area contributed by atoms with Crippen molar-refractivity contribution < 1.29 is 0 Å². The van der Waals surface area contributed by atoms with Crippen molar-refractivity contribution in [1.82, 2.24) is 0 Å². The van der Waals surface area contributed by atoms with Gasteiger partial charge < -0.3 is 0 Å². The van der Waals surface area contributed by atoms with Gasteiger partial charge in [0.15, 0.2) is 0 Å². The molecule has 0 saturated carbocycles. The molecule has 0 aliphatic carbocycles. The minimum Gasteiger partial charge on any atom is -0.198 e. The zero-order valence-electron chi connectivity index (χ0n) is 6.19. The van der Waals surface area contributed by atoms with Crippen LogP contribution in [-0.2, 0) is 0 Å². The predicted molar refractivity (Wildman–Crippen MR) is 60.5 cm³/mol. The molecule has 3 heteroatoms. The summed E-state index contributed by atoms with van der Waals surface area (Å²) in [5, 5.41) is 8.36. The Bertz CT molecular complexity index is 135. The van der Waals surface area contributed by atoms with Crippen molar-refractivity contribution in [2.75, 3.05) is 0 Å². The summed E-state index contributed by atoms with van der Waals surface area (Å²) < 4.78 is 0.607. The summed E-state index contributed by atoms with van der Waals surface area (Å²) in [7, 11) is 0. The number of rotatable bonds is 3. The van der Waals surface area contributed by atoms with Crippen LogP contribution in [0.4, 0.5) is 0 Å². The van der Waals surface area contributed by atoms with Gasteiger partial charge in [-0.3, -0.25) is 0 Å². The molecule has 0 saturated heterocycles. The van der Waals surface area contributed by atoms with Crippen molar-refractivity contribution in [2.24, 2.45) is 5.41 Å². The van der Waals surface area contributed by atoms with E-state index in [1.54, 1.807) is 0 Å². The van der Waals surface area contributed by atoms with Crippen LogP contribution in [0.5, 0.6) is 0 Å². The molecule has 0 aromatic carbocycles. The molecule has 1 nitrogen and oxygen atoms in total. The number of hydrogen-bond donors (Lipinski definition) is 0. The molecule has 0 heterocycles. The molecule has 0 unspecified atom stereocenters. The number of hydrogen-bond acceptors (Lipinski definition) is 1. The highest BCUT2D eigenvalue weighted by molar-refractivity contribution is 14.2. The normalized spacial score (nSPS) is 11.6. The first kappa shape index (κ1) is 11.0. The first-order valence-electron chi connectivity index (χ1n) is 3.16. The van der Waals surface area contributed by atoms with Gasteiger partial charge in [-0.2, -0.15) is 5.26 Å². The molecule has 10 heavy (non-hydrogen) atoms. The maximum absolute atomic E-state index is 8.36. The molecule has 0 N–H and O–H groups in total. The summed E-state index contributed by atoms with van der Waals surface area (Å²) in [6.45, 7) is 4.40. The van der Waals surface area contributed by atoms with Crippen molar-refractivity contribution >= 4 is 45.2 Å². The Morgan fingerprint density at radius 3 is 2.30 bits per heavy atom. The van der Waals surface area contributed by atoms with Gasteiger partial charge in [-0.1, -0.05) is 59.0 Å². The predicted octanol–water partition coefficient (Wildman–Crippen LogP) is 3.51. The molecule has 0 aromatic rings. The van der Waals surface area contributed by atoms with E-state index in [-0.39, 0.29) is 0 Å². The number of nitrogens with zero attached hydrogens (tertiary/aromatic N) is 1. The third kappa shape index (κ3) is 3.96. The van der Waals surface area contributed by atoms with E-state index in [0.29, 0.717) is 13.8 Å². The molecule has 0 fully saturated rings. The molecule has 0 amide bonds. The summed E-state index contributed by atoms with van der Waals surface area (Å²) in [6, 6.07) is 2.17. The average Bonchev–Trinajstić information content (AvgIpc) is 1.84. The SMILES string of the molecule is CC(C)(CCC#N)C(I)I.